The number of aromatic hydroxyl groups is 1. The summed E-state index contributed by atoms with van der Waals surface area (Å²) in [5.41, 5.74) is 2.47. The first-order chi connectivity index (χ1) is 15.6. The highest BCUT2D eigenvalue weighted by atomic mass is 16.3. The molecule has 3 aromatic carbocycles. The third-order valence-corrected chi connectivity index (χ3v) is 5.73. The number of rotatable bonds is 7. The lowest BCUT2D eigenvalue weighted by Crippen LogP contribution is -2.47. The molecule has 2 N–H and O–H groups in total. The van der Waals surface area contributed by atoms with E-state index in [4.69, 9.17) is 0 Å². The molecule has 4 rings (SSSR count). The zero-order valence-electron chi connectivity index (χ0n) is 17.9. The van der Waals surface area contributed by atoms with Crippen molar-refractivity contribution in [1.29, 1.82) is 0 Å². The van der Waals surface area contributed by atoms with Gasteiger partial charge in [0.25, 0.3) is 0 Å². The summed E-state index contributed by atoms with van der Waals surface area (Å²) in [6, 6.07) is 23.6. The Morgan fingerprint density at radius 2 is 1.47 bits per heavy atom. The van der Waals surface area contributed by atoms with Gasteiger partial charge in [0.15, 0.2) is 5.78 Å². The lowest BCUT2D eigenvalue weighted by atomic mass is 10.0. The smallest absolute Gasteiger partial charge is 0.225 e. The summed E-state index contributed by atoms with van der Waals surface area (Å²) in [7, 11) is 0. The molecular formula is C26H27N3O3. The number of nitrogens with one attached hydrogen (secondary N) is 1. The molecule has 1 heterocycles. The van der Waals surface area contributed by atoms with Gasteiger partial charge in [-0.05, 0) is 24.3 Å². The fraction of sp³-hybridized carbons (Fsp3) is 0.231. The molecule has 1 amide bonds. The largest absolute Gasteiger partial charge is 0.506 e. The third-order valence-electron chi connectivity index (χ3n) is 5.73. The van der Waals surface area contributed by atoms with Gasteiger partial charge < -0.3 is 15.3 Å². The van der Waals surface area contributed by atoms with E-state index in [-0.39, 0.29) is 11.7 Å². The first-order valence-corrected chi connectivity index (χ1v) is 10.9. The van der Waals surface area contributed by atoms with Crippen LogP contribution in [0.2, 0.25) is 0 Å². The molecule has 1 aliphatic heterocycles. The molecule has 1 saturated heterocycles. The maximum absolute atomic E-state index is 12.8. The van der Waals surface area contributed by atoms with Crippen molar-refractivity contribution >= 4 is 23.1 Å². The average Bonchev–Trinajstić information content (AvgIpc) is 2.84. The molecule has 32 heavy (non-hydrogen) atoms. The number of carbonyl (C=O) groups is 2. The van der Waals surface area contributed by atoms with Crippen LogP contribution in [0.25, 0.3) is 0 Å². The molecule has 164 valence electrons. The van der Waals surface area contributed by atoms with Crippen LogP contribution >= 0.6 is 0 Å². The van der Waals surface area contributed by atoms with Crippen LogP contribution in [0.5, 0.6) is 5.75 Å². The first kappa shape index (κ1) is 21.6. The van der Waals surface area contributed by atoms with E-state index in [9.17, 15) is 14.7 Å². The maximum atomic E-state index is 12.8. The number of amides is 1. The molecule has 0 atom stereocenters. The lowest BCUT2D eigenvalue weighted by molar-refractivity contribution is -0.116. The number of anilines is 2. The first-order valence-electron chi connectivity index (χ1n) is 10.9. The summed E-state index contributed by atoms with van der Waals surface area (Å²) in [5.74, 6) is 0.0762. The van der Waals surface area contributed by atoms with Crippen LogP contribution in [0, 0.1) is 0 Å². The second-order valence-electron chi connectivity index (χ2n) is 7.86. The molecule has 0 spiro atoms. The van der Waals surface area contributed by atoms with Gasteiger partial charge in [-0.1, -0.05) is 54.6 Å². The van der Waals surface area contributed by atoms with Crippen molar-refractivity contribution in [3.05, 3.63) is 90.0 Å². The summed E-state index contributed by atoms with van der Waals surface area (Å²) in [6.45, 7) is 3.89. The zero-order chi connectivity index (χ0) is 22.3. The quantitative estimate of drug-likeness (QED) is 0.560. The molecule has 1 fully saturated rings. The molecule has 6 heteroatoms. The van der Waals surface area contributed by atoms with E-state index in [1.165, 1.54) is 0 Å². The van der Waals surface area contributed by atoms with Crippen LogP contribution in [0.1, 0.15) is 22.3 Å². The van der Waals surface area contributed by atoms with Gasteiger partial charge in [-0.3, -0.25) is 14.5 Å². The minimum atomic E-state index is -0.110. The highest BCUT2D eigenvalue weighted by Crippen LogP contribution is 2.27. The van der Waals surface area contributed by atoms with Crippen molar-refractivity contribution in [2.75, 3.05) is 42.9 Å². The SMILES string of the molecule is O=C(CCN1CCN(c2ccccc2O)CC1)Nc1ccccc1C(=O)c1ccccc1. The number of phenolic OH excluding ortho intramolecular Hbond substituents is 1. The Bertz CT molecular complexity index is 1080. The van der Waals surface area contributed by atoms with Gasteiger partial charge in [0.2, 0.25) is 5.91 Å². The van der Waals surface area contributed by atoms with Crippen LogP contribution < -0.4 is 10.2 Å². The molecule has 0 saturated carbocycles. The molecule has 0 aromatic heterocycles. The number of benzene rings is 3. The predicted molar refractivity (Wildman–Crippen MR) is 126 cm³/mol. The second-order valence-corrected chi connectivity index (χ2v) is 7.86. The minimum absolute atomic E-state index is 0.109. The molecule has 6 nitrogen and oxygen atoms in total. The van der Waals surface area contributed by atoms with Crippen molar-refractivity contribution in [1.82, 2.24) is 4.90 Å². The topological polar surface area (TPSA) is 72.9 Å². The molecule has 0 aliphatic carbocycles. The minimum Gasteiger partial charge on any atom is -0.506 e. The van der Waals surface area contributed by atoms with Crippen LogP contribution in [0.15, 0.2) is 78.9 Å². The average molecular weight is 430 g/mol. The Hall–Kier alpha value is -3.64. The van der Waals surface area contributed by atoms with E-state index in [1.807, 2.05) is 42.5 Å². The zero-order valence-corrected chi connectivity index (χ0v) is 17.9. The van der Waals surface area contributed by atoms with Crippen molar-refractivity contribution in [3.63, 3.8) is 0 Å². The molecule has 0 radical (unpaired) electrons. The molecule has 1 aliphatic rings. The van der Waals surface area contributed by atoms with Crippen molar-refractivity contribution in [3.8, 4) is 5.75 Å². The van der Waals surface area contributed by atoms with Crippen molar-refractivity contribution < 1.29 is 14.7 Å². The van der Waals surface area contributed by atoms with Crippen LogP contribution in [-0.4, -0.2) is 54.4 Å². The Labute approximate surface area is 188 Å². The molecule has 3 aromatic rings. The summed E-state index contributed by atoms with van der Waals surface area (Å²) < 4.78 is 0. The second kappa shape index (κ2) is 10.1. The molecular weight excluding hydrogens is 402 g/mol. The third kappa shape index (κ3) is 5.15. The number of para-hydroxylation sites is 3. The number of hydrogen-bond acceptors (Lipinski definition) is 5. The summed E-state index contributed by atoms with van der Waals surface area (Å²) in [4.78, 5) is 29.9. The fourth-order valence-electron chi connectivity index (χ4n) is 3.95. The van der Waals surface area contributed by atoms with E-state index in [2.05, 4.69) is 15.1 Å². The Morgan fingerprint density at radius 1 is 0.812 bits per heavy atom. The number of carbonyl (C=O) groups excluding carboxylic acids is 2. The highest BCUT2D eigenvalue weighted by molar-refractivity contribution is 6.13. The standard InChI is InChI=1S/C26H27N3O3/c30-24-13-7-6-12-23(24)29-18-16-28(17-19-29)15-14-25(31)27-22-11-5-4-10-21(22)26(32)20-8-2-1-3-9-20/h1-13,30H,14-19H2,(H,27,31). The van der Waals surface area contributed by atoms with E-state index >= 15 is 0 Å². The number of hydrogen-bond donors (Lipinski definition) is 2. The number of phenols is 1. The Balaban J connectivity index is 1.30. The fourth-order valence-corrected chi connectivity index (χ4v) is 3.95. The van der Waals surface area contributed by atoms with Gasteiger partial charge in [-0.15, -0.1) is 0 Å². The Kier molecular flexibility index (Phi) is 6.82. The van der Waals surface area contributed by atoms with Gasteiger partial charge in [0.05, 0.1) is 11.4 Å². The van der Waals surface area contributed by atoms with E-state index < -0.39 is 0 Å². The van der Waals surface area contributed by atoms with E-state index in [1.54, 1.807) is 36.4 Å². The van der Waals surface area contributed by atoms with Gasteiger partial charge >= 0.3 is 0 Å². The number of nitrogens with zero attached hydrogens (tertiary/aromatic N) is 2. The van der Waals surface area contributed by atoms with Crippen molar-refractivity contribution in [2.24, 2.45) is 0 Å². The van der Waals surface area contributed by atoms with Crippen LogP contribution in [-0.2, 0) is 4.79 Å². The summed E-state index contributed by atoms with van der Waals surface area (Å²) in [5, 5.41) is 13.0. The lowest BCUT2D eigenvalue weighted by Gasteiger charge is -2.36. The predicted octanol–water partition coefficient (Wildman–Crippen LogP) is 3.77. The molecule has 0 unspecified atom stereocenters. The summed E-state index contributed by atoms with van der Waals surface area (Å²) in [6.07, 6.45) is 0.352. The van der Waals surface area contributed by atoms with Crippen molar-refractivity contribution in [2.45, 2.75) is 6.42 Å². The van der Waals surface area contributed by atoms with E-state index in [0.717, 1.165) is 31.9 Å². The molecule has 0 bridgehead atoms. The number of piperazine rings is 1. The van der Waals surface area contributed by atoms with Gasteiger partial charge in [0.1, 0.15) is 5.75 Å². The van der Waals surface area contributed by atoms with E-state index in [0.29, 0.717) is 35.5 Å². The van der Waals surface area contributed by atoms with Crippen LogP contribution in [0.3, 0.4) is 0 Å². The monoisotopic (exact) mass is 429 g/mol. The normalized spacial score (nSPS) is 14.2. The maximum Gasteiger partial charge on any atom is 0.225 e. The highest BCUT2D eigenvalue weighted by Gasteiger charge is 2.20. The summed E-state index contributed by atoms with van der Waals surface area (Å²) >= 11 is 0. The Morgan fingerprint density at radius 3 is 2.22 bits per heavy atom. The van der Waals surface area contributed by atoms with Gasteiger partial charge in [-0.2, -0.15) is 0 Å². The number of ketones is 1. The van der Waals surface area contributed by atoms with Crippen LogP contribution in [0.4, 0.5) is 11.4 Å². The van der Waals surface area contributed by atoms with Gasteiger partial charge in [0, 0.05) is 50.3 Å². The van der Waals surface area contributed by atoms with Gasteiger partial charge in [-0.25, -0.2) is 0 Å².